The second-order valence-electron chi connectivity index (χ2n) is 5.54. The summed E-state index contributed by atoms with van der Waals surface area (Å²) in [6.45, 7) is 0.636. The van der Waals surface area contributed by atoms with Crippen LogP contribution < -0.4 is 0 Å². The molecule has 1 atom stereocenters. The minimum absolute atomic E-state index is 0.0359. The molecule has 122 valence electrons. The highest BCUT2D eigenvalue weighted by Gasteiger charge is 2.22. The van der Waals surface area contributed by atoms with E-state index in [1.54, 1.807) is 25.1 Å². The molecule has 1 aliphatic heterocycles. The fourth-order valence-corrected chi connectivity index (χ4v) is 2.87. The summed E-state index contributed by atoms with van der Waals surface area (Å²) in [6.07, 6.45) is 2.03. The number of rotatable bonds is 5. The number of amides is 1. The van der Waals surface area contributed by atoms with Crippen LogP contribution in [-0.2, 0) is 25.5 Å². The number of carbonyl (C=O) groups excluding carboxylic acids is 1. The van der Waals surface area contributed by atoms with Crippen LogP contribution >= 0.6 is 0 Å². The van der Waals surface area contributed by atoms with Crippen molar-refractivity contribution in [3.63, 3.8) is 0 Å². The molecule has 0 spiro atoms. The van der Waals surface area contributed by atoms with Gasteiger partial charge in [-0.05, 0) is 29.7 Å². The van der Waals surface area contributed by atoms with E-state index in [1.807, 2.05) is 12.1 Å². The highest BCUT2D eigenvalue weighted by atomic mass is 32.2. The molecule has 0 aromatic heterocycles. The molecule has 1 amide bonds. The van der Waals surface area contributed by atoms with Crippen molar-refractivity contribution >= 4 is 16.0 Å². The van der Waals surface area contributed by atoms with Gasteiger partial charge >= 0.3 is 0 Å². The molecular formula is C15H21NO5S. The Morgan fingerprint density at radius 1 is 1.41 bits per heavy atom. The Morgan fingerprint density at radius 2 is 2.14 bits per heavy atom. The summed E-state index contributed by atoms with van der Waals surface area (Å²) >= 11 is 0. The predicted molar refractivity (Wildman–Crippen MR) is 82.3 cm³/mol. The second kappa shape index (κ2) is 6.76. The van der Waals surface area contributed by atoms with Gasteiger partial charge < -0.3 is 9.64 Å². The van der Waals surface area contributed by atoms with E-state index in [2.05, 4.69) is 0 Å². The van der Waals surface area contributed by atoms with Crippen LogP contribution in [0.25, 0.3) is 0 Å². The zero-order chi connectivity index (χ0) is 16.3. The van der Waals surface area contributed by atoms with E-state index in [4.69, 9.17) is 8.92 Å². The first kappa shape index (κ1) is 16.9. The van der Waals surface area contributed by atoms with Crippen LogP contribution in [0.1, 0.15) is 34.0 Å². The maximum Gasteiger partial charge on any atom is 0.264 e. The maximum atomic E-state index is 12.0. The van der Waals surface area contributed by atoms with E-state index in [1.165, 1.54) is 0 Å². The summed E-state index contributed by atoms with van der Waals surface area (Å²) in [5.74, 6) is -0.0359. The van der Waals surface area contributed by atoms with E-state index in [0.29, 0.717) is 18.6 Å². The number of carbonyl (C=O) groups is 1. The molecule has 0 radical (unpaired) electrons. The lowest BCUT2D eigenvalue weighted by Gasteiger charge is -2.26. The summed E-state index contributed by atoms with van der Waals surface area (Å²) in [4.78, 5) is 13.5. The van der Waals surface area contributed by atoms with Crippen LogP contribution in [0.2, 0.25) is 0 Å². The molecule has 0 saturated carbocycles. The van der Waals surface area contributed by atoms with Gasteiger partial charge in [-0.2, -0.15) is 8.42 Å². The zero-order valence-corrected chi connectivity index (χ0v) is 13.9. The van der Waals surface area contributed by atoms with Gasteiger partial charge in [0.05, 0.1) is 25.6 Å². The molecule has 0 aliphatic carbocycles. The summed E-state index contributed by atoms with van der Waals surface area (Å²) < 4.78 is 32.5. The first-order valence-electron chi connectivity index (χ1n) is 7.08. The smallest absolute Gasteiger partial charge is 0.264 e. The van der Waals surface area contributed by atoms with Gasteiger partial charge in [-0.15, -0.1) is 0 Å². The Kier molecular flexibility index (Phi) is 5.20. The van der Waals surface area contributed by atoms with Gasteiger partial charge in [0.15, 0.2) is 0 Å². The number of benzene rings is 1. The third-order valence-electron chi connectivity index (χ3n) is 3.51. The molecule has 1 aromatic rings. The lowest BCUT2D eigenvalue weighted by atomic mass is 9.93. The van der Waals surface area contributed by atoms with Crippen LogP contribution in [-0.4, -0.2) is 52.8 Å². The molecule has 22 heavy (non-hydrogen) atoms. The first-order chi connectivity index (χ1) is 10.3. The predicted octanol–water partition coefficient (Wildman–Crippen LogP) is 1.37. The third kappa shape index (κ3) is 4.28. The van der Waals surface area contributed by atoms with Crippen molar-refractivity contribution in [1.29, 1.82) is 0 Å². The van der Waals surface area contributed by atoms with Gasteiger partial charge in [0.1, 0.15) is 0 Å². The minimum Gasteiger partial charge on any atom is -0.373 e. The van der Waals surface area contributed by atoms with Gasteiger partial charge in [0, 0.05) is 26.1 Å². The molecule has 2 rings (SSSR count). The van der Waals surface area contributed by atoms with Crippen LogP contribution in [0.5, 0.6) is 0 Å². The van der Waals surface area contributed by atoms with Gasteiger partial charge in [0.25, 0.3) is 16.0 Å². The quantitative estimate of drug-likeness (QED) is 0.764. The van der Waals surface area contributed by atoms with Gasteiger partial charge in [-0.3, -0.25) is 8.98 Å². The van der Waals surface area contributed by atoms with E-state index in [-0.39, 0.29) is 18.6 Å². The fourth-order valence-electron chi connectivity index (χ4n) is 2.47. The third-order valence-corrected chi connectivity index (χ3v) is 4.11. The van der Waals surface area contributed by atoms with Gasteiger partial charge in [-0.1, -0.05) is 6.07 Å². The molecule has 1 aliphatic rings. The Morgan fingerprint density at radius 3 is 2.77 bits per heavy atom. The molecule has 6 nitrogen and oxygen atoms in total. The summed E-state index contributed by atoms with van der Waals surface area (Å²) in [5, 5.41) is 0. The molecule has 7 heteroatoms. The van der Waals surface area contributed by atoms with Gasteiger partial charge in [-0.25, -0.2) is 0 Å². The van der Waals surface area contributed by atoms with Crippen molar-refractivity contribution in [2.75, 3.05) is 33.6 Å². The van der Waals surface area contributed by atoms with E-state index < -0.39 is 10.1 Å². The summed E-state index contributed by atoms with van der Waals surface area (Å²) in [7, 11) is 0.00143. The van der Waals surface area contributed by atoms with Crippen molar-refractivity contribution in [2.45, 2.75) is 18.9 Å². The Bertz CT molecular complexity index is 654. The molecule has 1 heterocycles. The first-order valence-corrected chi connectivity index (χ1v) is 8.90. The highest BCUT2D eigenvalue weighted by Crippen LogP contribution is 2.30. The Labute approximate surface area is 131 Å². The Balaban J connectivity index is 2.12. The lowest BCUT2D eigenvalue weighted by molar-refractivity contribution is 0.0282. The number of hydrogen-bond acceptors (Lipinski definition) is 5. The minimum atomic E-state index is -3.44. The van der Waals surface area contributed by atoms with Crippen molar-refractivity contribution in [3.05, 3.63) is 34.9 Å². The normalized spacial score (nSPS) is 17.9. The SMILES string of the molecule is CN(C)C(=O)c1ccc2c(c1)CCOC2CCOS(C)(=O)=O. The molecule has 0 N–H and O–H groups in total. The molecular weight excluding hydrogens is 306 g/mol. The lowest BCUT2D eigenvalue weighted by Crippen LogP contribution is -2.23. The Hall–Kier alpha value is -1.44. The second-order valence-corrected chi connectivity index (χ2v) is 7.18. The highest BCUT2D eigenvalue weighted by molar-refractivity contribution is 7.85. The fraction of sp³-hybridized carbons (Fsp3) is 0.533. The van der Waals surface area contributed by atoms with E-state index in [9.17, 15) is 13.2 Å². The van der Waals surface area contributed by atoms with E-state index >= 15 is 0 Å². The standard InChI is InChI=1S/C15H21NO5S/c1-16(2)15(17)12-4-5-13-11(10-12)6-8-20-14(13)7-9-21-22(3,18)19/h4-5,10,14H,6-9H2,1-3H3. The van der Waals surface area contributed by atoms with Crippen LogP contribution in [0.4, 0.5) is 0 Å². The average Bonchev–Trinajstić information content (AvgIpc) is 2.44. The molecule has 0 saturated heterocycles. The van der Waals surface area contributed by atoms with Crippen LogP contribution in [0.3, 0.4) is 0 Å². The van der Waals surface area contributed by atoms with Crippen molar-refractivity contribution < 1.29 is 22.1 Å². The van der Waals surface area contributed by atoms with Gasteiger partial charge in [0.2, 0.25) is 0 Å². The largest absolute Gasteiger partial charge is 0.373 e. The molecule has 0 bridgehead atoms. The van der Waals surface area contributed by atoms with Crippen molar-refractivity contribution in [2.24, 2.45) is 0 Å². The summed E-state index contributed by atoms with van der Waals surface area (Å²) in [6, 6.07) is 5.56. The average molecular weight is 327 g/mol. The number of hydrogen-bond donors (Lipinski definition) is 0. The molecule has 1 unspecified atom stereocenters. The summed E-state index contributed by atoms with van der Waals surface area (Å²) in [5.41, 5.74) is 2.72. The maximum absolute atomic E-state index is 12.0. The van der Waals surface area contributed by atoms with Crippen molar-refractivity contribution in [3.8, 4) is 0 Å². The number of nitrogens with zero attached hydrogens (tertiary/aromatic N) is 1. The van der Waals surface area contributed by atoms with Crippen LogP contribution in [0, 0.1) is 0 Å². The number of ether oxygens (including phenoxy) is 1. The molecule has 0 fully saturated rings. The van der Waals surface area contributed by atoms with E-state index in [0.717, 1.165) is 23.8 Å². The number of fused-ring (bicyclic) bond motifs is 1. The monoisotopic (exact) mass is 327 g/mol. The topological polar surface area (TPSA) is 72.9 Å². The zero-order valence-electron chi connectivity index (χ0n) is 13.0. The molecule has 1 aromatic carbocycles. The van der Waals surface area contributed by atoms with Crippen LogP contribution in [0.15, 0.2) is 18.2 Å². The van der Waals surface area contributed by atoms with Crippen molar-refractivity contribution in [1.82, 2.24) is 4.90 Å².